The third-order valence-corrected chi connectivity index (χ3v) is 6.41. The highest BCUT2D eigenvalue weighted by Crippen LogP contribution is 2.15. The van der Waals surface area contributed by atoms with Crippen LogP contribution in [0.4, 0.5) is 0 Å². The van der Waals surface area contributed by atoms with E-state index in [9.17, 15) is 13.2 Å². The second-order valence-corrected chi connectivity index (χ2v) is 8.56. The van der Waals surface area contributed by atoms with E-state index in [1.165, 1.54) is 0 Å². The fourth-order valence-electron chi connectivity index (χ4n) is 3.04. The van der Waals surface area contributed by atoms with Gasteiger partial charge >= 0.3 is 0 Å². The van der Waals surface area contributed by atoms with Crippen LogP contribution >= 0.6 is 12.4 Å². The van der Waals surface area contributed by atoms with Gasteiger partial charge in [-0.15, -0.1) is 12.4 Å². The van der Waals surface area contributed by atoms with Crippen molar-refractivity contribution in [3.63, 3.8) is 0 Å². The Labute approximate surface area is 163 Å². The Morgan fingerprint density at radius 3 is 2.38 bits per heavy atom. The van der Waals surface area contributed by atoms with Gasteiger partial charge in [0.15, 0.2) is 0 Å². The zero-order valence-corrected chi connectivity index (χ0v) is 16.8. The Kier molecular flexibility index (Phi) is 10.2. The van der Waals surface area contributed by atoms with Gasteiger partial charge in [-0.1, -0.05) is 30.3 Å². The number of rotatable bonds is 10. The molecular weight excluding hydrogens is 374 g/mol. The molecule has 1 aliphatic rings. The van der Waals surface area contributed by atoms with Crippen molar-refractivity contribution in [3.05, 3.63) is 35.9 Å². The van der Waals surface area contributed by atoms with Gasteiger partial charge in [-0.2, -0.15) is 0 Å². The predicted octanol–water partition coefficient (Wildman–Crippen LogP) is 1.99. The summed E-state index contributed by atoms with van der Waals surface area (Å²) in [5, 5.41) is 0. The van der Waals surface area contributed by atoms with Crippen LogP contribution in [0, 0.1) is 0 Å². The number of amides is 1. The number of sulfonamides is 1. The quantitative estimate of drug-likeness (QED) is 0.647. The molecule has 148 valence electrons. The fourth-order valence-corrected chi connectivity index (χ4v) is 4.62. The number of hydrogen-bond donors (Lipinski definition) is 1. The molecule has 0 unspecified atom stereocenters. The molecule has 2 rings (SSSR count). The van der Waals surface area contributed by atoms with Gasteiger partial charge in [-0.3, -0.25) is 4.79 Å². The van der Waals surface area contributed by atoms with Crippen molar-refractivity contribution in [2.45, 2.75) is 38.6 Å². The van der Waals surface area contributed by atoms with Crippen molar-refractivity contribution in [2.24, 2.45) is 5.73 Å². The molecular formula is C18H30ClN3O3S. The third kappa shape index (κ3) is 7.23. The lowest BCUT2D eigenvalue weighted by atomic mass is 10.2. The van der Waals surface area contributed by atoms with Crippen LogP contribution in [-0.4, -0.2) is 55.5 Å². The summed E-state index contributed by atoms with van der Waals surface area (Å²) in [5.74, 6) is 0.0448. The SMILES string of the molecule is Cl.NCCCN(Cc1ccccc1)C(=O)CCCS(=O)(=O)N1CCCC1. The summed E-state index contributed by atoms with van der Waals surface area (Å²) in [4.78, 5) is 14.3. The molecule has 0 atom stereocenters. The van der Waals surface area contributed by atoms with Crippen LogP contribution in [0.1, 0.15) is 37.7 Å². The summed E-state index contributed by atoms with van der Waals surface area (Å²) in [7, 11) is -3.21. The Morgan fingerprint density at radius 2 is 1.77 bits per heavy atom. The average Bonchev–Trinajstić information content (AvgIpc) is 3.15. The highest BCUT2D eigenvalue weighted by Gasteiger charge is 2.25. The van der Waals surface area contributed by atoms with Gasteiger partial charge in [-0.25, -0.2) is 12.7 Å². The van der Waals surface area contributed by atoms with E-state index in [4.69, 9.17) is 5.73 Å². The molecule has 0 bridgehead atoms. The second kappa shape index (κ2) is 11.5. The lowest BCUT2D eigenvalue weighted by molar-refractivity contribution is -0.131. The molecule has 1 heterocycles. The van der Waals surface area contributed by atoms with Gasteiger partial charge in [0.1, 0.15) is 0 Å². The molecule has 1 aromatic rings. The molecule has 1 aliphatic heterocycles. The Bertz CT molecular complexity index is 634. The standard InChI is InChI=1S/C18H29N3O3S.ClH/c19-11-7-12-20(16-17-8-2-1-3-9-17)18(22)10-6-15-25(23,24)21-13-4-5-14-21;/h1-3,8-9H,4-7,10-16,19H2;1H. The maximum Gasteiger partial charge on any atom is 0.222 e. The van der Waals surface area contributed by atoms with Crippen LogP contribution in [0.3, 0.4) is 0 Å². The van der Waals surface area contributed by atoms with E-state index >= 15 is 0 Å². The molecule has 8 heteroatoms. The van der Waals surface area contributed by atoms with E-state index in [0.717, 1.165) is 24.8 Å². The molecule has 6 nitrogen and oxygen atoms in total. The Hall–Kier alpha value is -1.15. The number of halogens is 1. The molecule has 26 heavy (non-hydrogen) atoms. The molecule has 1 aromatic carbocycles. The van der Waals surface area contributed by atoms with Gasteiger partial charge < -0.3 is 10.6 Å². The van der Waals surface area contributed by atoms with Crippen LogP contribution in [0.25, 0.3) is 0 Å². The van der Waals surface area contributed by atoms with E-state index < -0.39 is 10.0 Å². The highest BCUT2D eigenvalue weighted by molar-refractivity contribution is 7.89. The fraction of sp³-hybridized carbons (Fsp3) is 0.611. The van der Waals surface area contributed by atoms with Gasteiger partial charge in [0.2, 0.25) is 15.9 Å². The van der Waals surface area contributed by atoms with E-state index in [1.54, 1.807) is 9.21 Å². The summed E-state index contributed by atoms with van der Waals surface area (Å²) in [6.07, 6.45) is 3.23. The molecule has 0 saturated carbocycles. The maximum absolute atomic E-state index is 12.5. The van der Waals surface area contributed by atoms with Crippen molar-refractivity contribution in [1.82, 2.24) is 9.21 Å². The molecule has 2 N–H and O–H groups in total. The highest BCUT2D eigenvalue weighted by atomic mass is 35.5. The number of nitrogens with zero attached hydrogens (tertiary/aromatic N) is 2. The first kappa shape index (κ1) is 22.9. The monoisotopic (exact) mass is 403 g/mol. The van der Waals surface area contributed by atoms with Gasteiger partial charge in [0, 0.05) is 32.6 Å². The molecule has 1 amide bonds. The smallest absolute Gasteiger partial charge is 0.222 e. The lowest BCUT2D eigenvalue weighted by Crippen LogP contribution is -2.34. The number of carbonyl (C=O) groups is 1. The first-order chi connectivity index (χ1) is 12.0. The number of hydrogen-bond acceptors (Lipinski definition) is 4. The minimum atomic E-state index is -3.21. The number of nitrogens with two attached hydrogens (primary N) is 1. The lowest BCUT2D eigenvalue weighted by Gasteiger charge is -2.23. The molecule has 0 radical (unpaired) electrons. The zero-order valence-electron chi connectivity index (χ0n) is 15.2. The van der Waals surface area contributed by atoms with Gasteiger partial charge in [-0.05, 0) is 37.8 Å². The average molecular weight is 404 g/mol. The maximum atomic E-state index is 12.5. The van der Waals surface area contributed by atoms with Crippen molar-refractivity contribution >= 4 is 28.3 Å². The molecule has 1 fully saturated rings. The third-order valence-electron chi connectivity index (χ3n) is 4.45. The number of benzene rings is 1. The van der Waals surface area contributed by atoms with Crippen molar-refractivity contribution < 1.29 is 13.2 Å². The molecule has 0 aromatic heterocycles. The second-order valence-electron chi connectivity index (χ2n) is 6.47. The van der Waals surface area contributed by atoms with Crippen LogP contribution in [0.15, 0.2) is 30.3 Å². The largest absolute Gasteiger partial charge is 0.338 e. The molecule has 0 aliphatic carbocycles. The molecule has 1 saturated heterocycles. The van der Waals surface area contributed by atoms with E-state index in [-0.39, 0.29) is 30.5 Å². The Morgan fingerprint density at radius 1 is 1.12 bits per heavy atom. The van der Waals surface area contributed by atoms with E-state index in [0.29, 0.717) is 39.1 Å². The van der Waals surface area contributed by atoms with Crippen molar-refractivity contribution in [3.8, 4) is 0 Å². The number of carbonyl (C=O) groups excluding carboxylic acids is 1. The predicted molar refractivity (Wildman–Crippen MR) is 107 cm³/mol. The van der Waals surface area contributed by atoms with Crippen LogP contribution in [0.2, 0.25) is 0 Å². The van der Waals surface area contributed by atoms with E-state index in [1.807, 2.05) is 30.3 Å². The van der Waals surface area contributed by atoms with Gasteiger partial charge in [0.25, 0.3) is 0 Å². The summed E-state index contributed by atoms with van der Waals surface area (Å²) in [5.41, 5.74) is 6.64. The van der Waals surface area contributed by atoms with E-state index in [2.05, 4.69) is 0 Å². The first-order valence-corrected chi connectivity index (χ1v) is 10.6. The minimum Gasteiger partial charge on any atom is -0.338 e. The van der Waals surface area contributed by atoms with Crippen LogP contribution in [0.5, 0.6) is 0 Å². The van der Waals surface area contributed by atoms with Crippen LogP contribution in [-0.2, 0) is 21.4 Å². The summed E-state index contributed by atoms with van der Waals surface area (Å²) in [6, 6.07) is 9.81. The van der Waals surface area contributed by atoms with Crippen molar-refractivity contribution in [2.75, 3.05) is 31.9 Å². The summed E-state index contributed by atoms with van der Waals surface area (Å²) in [6.45, 7) is 2.91. The summed E-state index contributed by atoms with van der Waals surface area (Å²) >= 11 is 0. The normalized spacial score (nSPS) is 14.8. The Balaban J connectivity index is 0.00000338. The van der Waals surface area contributed by atoms with Crippen molar-refractivity contribution in [1.29, 1.82) is 0 Å². The minimum absolute atomic E-state index is 0. The molecule has 0 spiro atoms. The summed E-state index contributed by atoms with van der Waals surface area (Å²) < 4.78 is 26.0. The zero-order chi connectivity index (χ0) is 18.1. The van der Waals surface area contributed by atoms with Gasteiger partial charge in [0.05, 0.1) is 5.75 Å². The topological polar surface area (TPSA) is 83.7 Å². The first-order valence-electron chi connectivity index (χ1n) is 9.02. The van der Waals surface area contributed by atoms with Crippen LogP contribution < -0.4 is 5.73 Å².